The third kappa shape index (κ3) is 3.14. The number of carbonyl (C=O) groups is 2. The monoisotopic (exact) mass is 309 g/mol. The van der Waals surface area contributed by atoms with Gasteiger partial charge in [0.25, 0.3) is 0 Å². The Bertz CT molecular complexity index is 555. The molecule has 0 bridgehead atoms. The van der Waals surface area contributed by atoms with Crippen LogP contribution in [0.25, 0.3) is 0 Å². The van der Waals surface area contributed by atoms with Crippen molar-refractivity contribution < 1.29 is 19.2 Å². The zero-order valence-corrected chi connectivity index (χ0v) is 13.4. The fraction of sp³-hybridized carbons (Fsp3) is 0.667. The first-order valence-electron chi connectivity index (χ1n) is 7.48. The summed E-state index contributed by atoms with van der Waals surface area (Å²) in [6.45, 7) is 5.79. The lowest BCUT2D eigenvalue weighted by Crippen LogP contribution is -2.47. The van der Waals surface area contributed by atoms with Crippen molar-refractivity contribution in [2.45, 2.75) is 45.3 Å². The molecule has 1 aromatic rings. The Labute approximate surface area is 129 Å². The Morgan fingerprint density at radius 3 is 2.68 bits per heavy atom. The maximum absolute atomic E-state index is 12.9. The number of aliphatic hydroxyl groups is 1. The molecule has 2 amide bonds. The molecule has 0 saturated carbocycles. The predicted molar refractivity (Wildman–Crippen MR) is 79.0 cm³/mol. The SMILES string of the molecule is CNC(=O)[C@@H]1C[C@@H](O)CN1C(=O)[C@@H](c1cc(C)no1)C(C)C. The predicted octanol–water partition coefficient (Wildman–Crippen LogP) is 0.430. The van der Waals surface area contributed by atoms with Gasteiger partial charge in [-0.25, -0.2) is 0 Å². The van der Waals surface area contributed by atoms with Gasteiger partial charge < -0.3 is 19.8 Å². The van der Waals surface area contributed by atoms with Gasteiger partial charge in [-0.2, -0.15) is 0 Å². The van der Waals surface area contributed by atoms with Gasteiger partial charge >= 0.3 is 0 Å². The molecule has 1 saturated heterocycles. The van der Waals surface area contributed by atoms with Crippen molar-refractivity contribution in [3.8, 4) is 0 Å². The van der Waals surface area contributed by atoms with E-state index in [1.165, 1.54) is 11.9 Å². The Morgan fingerprint density at radius 1 is 1.50 bits per heavy atom. The van der Waals surface area contributed by atoms with Crippen molar-refractivity contribution in [1.82, 2.24) is 15.4 Å². The molecule has 7 nitrogen and oxygen atoms in total. The van der Waals surface area contributed by atoms with Gasteiger partial charge in [0, 0.05) is 26.1 Å². The molecule has 1 aliphatic rings. The van der Waals surface area contributed by atoms with E-state index in [1.54, 1.807) is 13.0 Å². The minimum Gasteiger partial charge on any atom is -0.391 e. The highest BCUT2D eigenvalue weighted by molar-refractivity contribution is 5.91. The summed E-state index contributed by atoms with van der Waals surface area (Å²) in [4.78, 5) is 26.3. The van der Waals surface area contributed by atoms with Crippen molar-refractivity contribution in [2.75, 3.05) is 13.6 Å². The van der Waals surface area contributed by atoms with Crippen molar-refractivity contribution in [3.05, 3.63) is 17.5 Å². The number of aromatic nitrogens is 1. The van der Waals surface area contributed by atoms with Crippen LogP contribution >= 0.6 is 0 Å². The Hall–Kier alpha value is -1.89. The fourth-order valence-corrected chi connectivity index (χ4v) is 2.92. The van der Waals surface area contributed by atoms with Gasteiger partial charge in [-0.3, -0.25) is 9.59 Å². The van der Waals surface area contributed by atoms with E-state index in [9.17, 15) is 14.7 Å². The van der Waals surface area contributed by atoms with Gasteiger partial charge in [0.1, 0.15) is 17.7 Å². The molecule has 1 fully saturated rings. The topological polar surface area (TPSA) is 95.7 Å². The third-order valence-electron chi connectivity index (χ3n) is 4.00. The number of nitrogens with one attached hydrogen (secondary N) is 1. The van der Waals surface area contributed by atoms with Gasteiger partial charge in [0.15, 0.2) is 0 Å². The minimum absolute atomic E-state index is 0.0112. The molecule has 7 heteroatoms. The van der Waals surface area contributed by atoms with Crippen LogP contribution in [0.1, 0.15) is 37.6 Å². The average Bonchev–Trinajstić information content (AvgIpc) is 3.04. The number of nitrogens with zero attached hydrogens (tertiary/aromatic N) is 2. The quantitative estimate of drug-likeness (QED) is 0.841. The number of hydrogen-bond acceptors (Lipinski definition) is 5. The van der Waals surface area contributed by atoms with Crippen LogP contribution in [0.15, 0.2) is 10.6 Å². The van der Waals surface area contributed by atoms with Crippen molar-refractivity contribution >= 4 is 11.8 Å². The van der Waals surface area contributed by atoms with Crippen molar-refractivity contribution in [1.29, 1.82) is 0 Å². The highest BCUT2D eigenvalue weighted by Gasteiger charge is 2.42. The van der Waals surface area contributed by atoms with Crippen molar-refractivity contribution in [3.63, 3.8) is 0 Å². The molecule has 22 heavy (non-hydrogen) atoms. The maximum Gasteiger partial charge on any atom is 0.242 e. The number of amides is 2. The molecular formula is C15H23N3O4. The first-order chi connectivity index (χ1) is 10.3. The van der Waals surface area contributed by atoms with Crippen LogP contribution in [-0.4, -0.2) is 52.7 Å². The second-order valence-corrected chi connectivity index (χ2v) is 6.10. The number of carbonyl (C=O) groups excluding carboxylic acids is 2. The summed E-state index contributed by atoms with van der Waals surface area (Å²) >= 11 is 0. The summed E-state index contributed by atoms with van der Waals surface area (Å²) in [5.74, 6) is -0.506. The number of likely N-dealkylation sites (N-methyl/N-ethyl adjacent to an activating group) is 1. The molecule has 1 aromatic heterocycles. The van der Waals surface area contributed by atoms with E-state index in [4.69, 9.17) is 4.52 Å². The van der Waals surface area contributed by atoms with Gasteiger partial charge in [0.2, 0.25) is 11.8 Å². The number of rotatable bonds is 4. The molecule has 3 atom stereocenters. The lowest BCUT2D eigenvalue weighted by Gasteiger charge is -2.28. The van der Waals surface area contributed by atoms with Gasteiger partial charge in [-0.1, -0.05) is 19.0 Å². The van der Waals surface area contributed by atoms with Crippen LogP contribution in [-0.2, 0) is 9.59 Å². The second kappa shape index (κ2) is 6.48. The highest BCUT2D eigenvalue weighted by atomic mass is 16.5. The standard InChI is InChI=1S/C15H23N3O4/c1-8(2)13(12-5-9(3)17-22-12)15(21)18-7-10(19)6-11(18)14(20)16-4/h5,8,10-11,13,19H,6-7H2,1-4H3,(H,16,20)/t10-,11+,13-/m1/s1. The summed E-state index contributed by atoms with van der Waals surface area (Å²) in [6.07, 6.45) is -0.429. The Kier molecular flexibility index (Phi) is 4.85. The molecule has 2 rings (SSSR count). The van der Waals surface area contributed by atoms with Crippen LogP contribution in [0.2, 0.25) is 0 Å². The summed E-state index contributed by atoms with van der Waals surface area (Å²) in [5.41, 5.74) is 0.706. The molecule has 2 N–H and O–H groups in total. The molecule has 0 unspecified atom stereocenters. The van der Waals surface area contributed by atoms with Crippen LogP contribution < -0.4 is 5.32 Å². The third-order valence-corrected chi connectivity index (χ3v) is 4.00. The lowest BCUT2D eigenvalue weighted by atomic mass is 9.91. The van der Waals surface area contributed by atoms with E-state index in [2.05, 4.69) is 10.5 Å². The smallest absolute Gasteiger partial charge is 0.242 e. The molecule has 1 aliphatic heterocycles. The minimum atomic E-state index is -0.685. The van der Waals surface area contributed by atoms with Crippen molar-refractivity contribution in [2.24, 2.45) is 5.92 Å². The molecule has 0 aliphatic carbocycles. The fourth-order valence-electron chi connectivity index (χ4n) is 2.92. The number of β-amino-alcohol motifs (C(OH)–C–C–N with tert-alkyl or cyclic N) is 1. The second-order valence-electron chi connectivity index (χ2n) is 6.10. The normalized spacial score (nSPS) is 22.9. The summed E-state index contributed by atoms with van der Waals surface area (Å²) in [5, 5.41) is 16.2. The molecule has 0 aromatic carbocycles. The van der Waals surface area contributed by atoms with E-state index >= 15 is 0 Å². The molecule has 122 valence electrons. The molecule has 0 spiro atoms. The van der Waals surface area contributed by atoms with Crippen LogP contribution in [0, 0.1) is 12.8 Å². The zero-order chi connectivity index (χ0) is 16.4. The van der Waals surface area contributed by atoms with E-state index in [0.29, 0.717) is 11.5 Å². The van der Waals surface area contributed by atoms with Gasteiger partial charge in [-0.05, 0) is 12.8 Å². The maximum atomic E-state index is 12.9. The lowest BCUT2D eigenvalue weighted by molar-refractivity contribution is -0.140. The number of aryl methyl sites for hydroxylation is 1. The van der Waals surface area contributed by atoms with E-state index in [1.807, 2.05) is 13.8 Å². The van der Waals surface area contributed by atoms with Crippen LogP contribution in [0.4, 0.5) is 0 Å². The Balaban J connectivity index is 2.28. The Morgan fingerprint density at radius 2 is 2.18 bits per heavy atom. The zero-order valence-electron chi connectivity index (χ0n) is 13.4. The van der Waals surface area contributed by atoms with Gasteiger partial charge in [-0.15, -0.1) is 0 Å². The largest absolute Gasteiger partial charge is 0.391 e. The highest BCUT2D eigenvalue weighted by Crippen LogP contribution is 2.30. The van der Waals surface area contributed by atoms with E-state index in [0.717, 1.165) is 0 Å². The average molecular weight is 309 g/mol. The molecule has 2 heterocycles. The van der Waals surface area contributed by atoms with E-state index in [-0.39, 0.29) is 30.7 Å². The molecule has 0 radical (unpaired) electrons. The first kappa shape index (κ1) is 16.5. The first-order valence-corrected chi connectivity index (χ1v) is 7.48. The van der Waals surface area contributed by atoms with E-state index < -0.39 is 18.1 Å². The summed E-state index contributed by atoms with van der Waals surface area (Å²) in [6, 6.07) is 1.10. The van der Waals surface area contributed by atoms with Gasteiger partial charge in [0.05, 0.1) is 11.8 Å². The molecular weight excluding hydrogens is 286 g/mol. The van der Waals surface area contributed by atoms with Crippen LogP contribution in [0.5, 0.6) is 0 Å². The number of hydrogen-bond donors (Lipinski definition) is 2. The number of likely N-dealkylation sites (tertiary alicyclic amines) is 1. The van der Waals surface area contributed by atoms with Crippen LogP contribution in [0.3, 0.4) is 0 Å². The number of aliphatic hydroxyl groups excluding tert-OH is 1. The summed E-state index contributed by atoms with van der Waals surface area (Å²) in [7, 11) is 1.52. The summed E-state index contributed by atoms with van der Waals surface area (Å²) < 4.78 is 5.26.